The number of aryl methyl sites for hydroxylation is 2. The maximum absolute atomic E-state index is 12.9. The molecule has 7 heteroatoms. The Labute approximate surface area is 171 Å². The molecule has 0 saturated carbocycles. The van der Waals surface area contributed by atoms with Crippen LogP contribution < -0.4 is 5.32 Å². The van der Waals surface area contributed by atoms with Crippen LogP contribution in [0.5, 0.6) is 0 Å². The zero-order valence-corrected chi connectivity index (χ0v) is 17.7. The van der Waals surface area contributed by atoms with Gasteiger partial charge < -0.3 is 5.32 Å². The molecule has 2 aromatic rings. The first-order valence-corrected chi connectivity index (χ1v) is 11.3. The van der Waals surface area contributed by atoms with Crippen molar-refractivity contribution in [2.75, 3.05) is 18.4 Å². The first-order chi connectivity index (χ1) is 13.3. The van der Waals surface area contributed by atoms with Crippen LogP contribution in [-0.2, 0) is 20.6 Å². The number of carbonyl (C=O) groups excluding carboxylic acids is 1. The lowest BCUT2D eigenvalue weighted by Crippen LogP contribution is -2.44. The monoisotopic (exact) mass is 420 g/mol. The molecule has 0 aromatic heterocycles. The quantitative estimate of drug-likeness (QED) is 0.790. The Morgan fingerprint density at radius 3 is 2.64 bits per heavy atom. The second-order valence-corrected chi connectivity index (χ2v) is 9.73. The zero-order valence-electron chi connectivity index (χ0n) is 16.1. The van der Waals surface area contributed by atoms with Gasteiger partial charge in [-0.3, -0.25) is 4.79 Å². The zero-order chi connectivity index (χ0) is 20.3. The third-order valence-corrected chi connectivity index (χ3v) is 7.22. The number of amides is 1. The Morgan fingerprint density at radius 2 is 1.93 bits per heavy atom. The molecule has 0 radical (unpaired) electrons. The average Bonchev–Trinajstić information content (AvgIpc) is 2.66. The second kappa shape index (κ2) is 8.64. The molecule has 1 amide bonds. The van der Waals surface area contributed by atoms with Crippen LogP contribution in [0.3, 0.4) is 0 Å². The first kappa shape index (κ1) is 20.8. The van der Waals surface area contributed by atoms with E-state index in [2.05, 4.69) is 5.32 Å². The van der Waals surface area contributed by atoms with Gasteiger partial charge in [0.15, 0.2) is 0 Å². The van der Waals surface area contributed by atoms with E-state index in [0.29, 0.717) is 30.1 Å². The number of nitrogens with zero attached hydrogens (tertiary/aromatic N) is 1. The minimum Gasteiger partial charge on any atom is -0.326 e. The van der Waals surface area contributed by atoms with E-state index < -0.39 is 10.0 Å². The number of piperidine rings is 1. The van der Waals surface area contributed by atoms with Gasteiger partial charge >= 0.3 is 0 Å². The fourth-order valence-corrected chi connectivity index (χ4v) is 5.41. The SMILES string of the molecule is Cc1ccccc1CS(=O)(=O)N1CCC[C@@H](C(=O)Nc2ccc(Cl)cc2C)C1. The number of sulfonamides is 1. The molecule has 2 aromatic carbocycles. The Hall–Kier alpha value is -1.89. The summed E-state index contributed by atoms with van der Waals surface area (Å²) >= 11 is 5.96. The van der Waals surface area contributed by atoms with Crippen LogP contribution in [0.2, 0.25) is 5.02 Å². The number of hydrogen-bond acceptors (Lipinski definition) is 3. The molecule has 1 saturated heterocycles. The van der Waals surface area contributed by atoms with E-state index in [0.717, 1.165) is 16.7 Å². The highest BCUT2D eigenvalue weighted by Crippen LogP contribution is 2.25. The minimum atomic E-state index is -3.48. The number of nitrogens with one attached hydrogen (secondary N) is 1. The molecule has 5 nitrogen and oxygen atoms in total. The van der Waals surface area contributed by atoms with E-state index in [1.807, 2.05) is 38.1 Å². The predicted octanol–water partition coefficient (Wildman–Crippen LogP) is 4.14. The molecule has 150 valence electrons. The van der Waals surface area contributed by atoms with Crippen molar-refractivity contribution in [3.63, 3.8) is 0 Å². The van der Waals surface area contributed by atoms with Crippen molar-refractivity contribution in [3.8, 4) is 0 Å². The van der Waals surface area contributed by atoms with Gasteiger partial charge in [-0.2, -0.15) is 0 Å². The Bertz CT molecular complexity index is 975. The highest BCUT2D eigenvalue weighted by atomic mass is 35.5. The number of anilines is 1. The molecule has 1 aliphatic rings. The molecule has 0 aliphatic carbocycles. The number of carbonyl (C=O) groups is 1. The second-order valence-electron chi connectivity index (χ2n) is 7.33. The van der Waals surface area contributed by atoms with Crippen molar-refractivity contribution in [2.45, 2.75) is 32.4 Å². The van der Waals surface area contributed by atoms with Gasteiger partial charge in [0.1, 0.15) is 0 Å². The maximum Gasteiger partial charge on any atom is 0.228 e. The normalized spacial score (nSPS) is 18.0. The molecule has 0 spiro atoms. The fraction of sp³-hybridized carbons (Fsp3) is 0.381. The molecule has 0 bridgehead atoms. The van der Waals surface area contributed by atoms with E-state index in [1.54, 1.807) is 18.2 Å². The van der Waals surface area contributed by atoms with E-state index in [4.69, 9.17) is 11.6 Å². The molecule has 1 fully saturated rings. The van der Waals surface area contributed by atoms with Gasteiger partial charge in [0.05, 0.1) is 11.7 Å². The van der Waals surface area contributed by atoms with E-state index in [9.17, 15) is 13.2 Å². The van der Waals surface area contributed by atoms with Gasteiger partial charge in [-0.25, -0.2) is 12.7 Å². The summed E-state index contributed by atoms with van der Waals surface area (Å²) in [5.41, 5.74) is 3.33. The molecule has 1 heterocycles. The van der Waals surface area contributed by atoms with Crippen LogP contribution in [0.4, 0.5) is 5.69 Å². The van der Waals surface area contributed by atoms with E-state index in [1.165, 1.54) is 4.31 Å². The predicted molar refractivity (Wildman–Crippen MR) is 113 cm³/mol. The summed E-state index contributed by atoms with van der Waals surface area (Å²) in [4.78, 5) is 12.7. The Morgan fingerprint density at radius 1 is 1.18 bits per heavy atom. The molecular formula is C21H25ClN2O3S. The summed E-state index contributed by atoms with van der Waals surface area (Å²) in [6.45, 7) is 4.46. The molecule has 1 atom stereocenters. The lowest BCUT2D eigenvalue weighted by atomic mass is 9.98. The Balaban J connectivity index is 1.69. The molecule has 3 rings (SSSR count). The van der Waals surface area contributed by atoms with Crippen LogP contribution in [-0.4, -0.2) is 31.7 Å². The van der Waals surface area contributed by atoms with Gasteiger partial charge in [-0.05, 0) is 61.6 Å². The van der Waals surface area contributed by atoms with Crippen LogP contribution in [0.25, 0.3) is 0 Å². The lowest BCUT2D eigenvalue weighted by molar-refractivity contribution is -0.120. The minimum absolute atomic E-state index is 0.0374. The summed E-state index contributed by atoms with van der Waals surface area (Å²) in [5.74, 6) is -0.554. The van der Waals surface area contributed by atoms with Crippen LogP contribution in [0, 0.1) is 19.8 Å². The number of halogens is 1. The maximum atomic E-state index is 12.9. The van der Waals surface area contributed by atoms with Gasteiger partial charge in [0, 0.05) is 23.8 Å². The van der Waals surface area contributed by atoms with Gasteiger partial charge in [0.2, 0.25) is 15.9 Å². The van der Waals surface area contributed by atoms with Crippen molar-refractivity contribution in [3.05, 3.63) is 64.2 Å². The number of hydrogen-bond donors (Lipinski definition) is 1. The van der Waals surface area contributed by atoms with Gasteiger partial charge in [-0.1, -0.05) is 35.9 Å². The van der Waals surface area contributed by atoms with Crippen molar-refractivity contribution in [1.82, 2.24) is 4.31 Å². The first-order valence-electron chi connectivity index (χ1n) is 9.35. The summed E-state index contributed by atoms with van der Waals surface area (Å²) in [7, 11) is -3.48. The molecule has 28 heavy (non-hydrogen) atoms. The smallest absolute Gasteiger partial charge is 0.228 e. The van der Waals surface area contributed by atoms with Crippen LogP contribution in [0.1, 0.15) is 29.5 Å². The summed E-state index contributed by atoms with van der Waals surface area (Å²) < 4.78 is 27.3. The van der Waals surface area contributed by atoms with E-state index >= 15 is 0 Å². The van der Waals surface area contributed by atoms with Gasteiger partial charge in [0.25, 0.3) is 0 Å². The number of benzene rings is 2. The highest BCUT2D eigenvalue weighted by molar-refractivity contribution is 7.88. The topological polar surface area (TPSA) is 66.5 Å². The van der Waals surface area contributed by atoms with E-state index in [-0.39, 0.29) is 24.1 Å². The van der Waals surface area contributed by atoms with Crippen LogP contribution >= 0.6 is 11.6 Å². The third kappa shape index (κ3) is 4.93. The van der Waals surface area contributed by atoms with Crippen LogP contribution in [0.15, 0.2) is 42.5 Å². The fourth-order valence-electron chi connectivity index (χ4n) is 3.47. The summed E-state index contributed by atoms with van der Waals surface area (Å²) in [6.07, 6.45) is 1.35. The molecule has 0 unspecified atom stereocenters. The van der Waals surface area contributed by atoms with Crippen molar-refractivity contribution >= 4 is 33.2 Å². The largest absolute Gasteiger partial charge is 0.326 e. The molecule has 1 N–H and O–H groups in total. The number of rotatable bonds is 5. The summed E-state index contributed by atoms with van der Waals surface area (Å²) in [6, 6.07) is 12.8. The Kier molecular flexibility index (Phi) is 6.43. The third-order valence-electron chi connectivity index (χ3n) is 5.19. The lowest BCUT2D eigenvalue weighted by Gasteiger charge is -2.31. The van der Waals surface area contributed by atoms with Crippen molar-refractivity contribution in [1.29, 1.82) is 0 Å². The average molecular weight is 421 g/mol. The summed E-state index contributed by atoms with van der Waals surface area (Å²) in [5, 5.41) is 3.53. The van der Waals surface area contributed by atoms with Crippen molar-refractivity contribution in [2.24, 2.45) is 5.92 Å². The molecular weight excluding hydrogens is 396 g/mol. The van der Waals surface area contributed by atoms with Crippen molar-refractivity contribution < 1.29 is 13.2 Å². The standard InChI is InChI=1S/C21H25ClN2O3S/c1-15-6-3-4-7-18(15)14-28(26,27)24-11-5-8-17(13-24)21(25)23-20-10-9-19(22)12-16(20)2/h3-4,6-7,9-10,12,17H,5,8,11,13-14H2,1-2H3,(H,23,25)/t17-/m1/s1. The highest BCUT2D eigenvalue weighted by Gasteiger charge is 2.32. The molecule has 1 aliphatic heterocycles. The van der Waals surface area contributed by atoms with Gasteiger partial charge in [-0.15, -0.1) is 0 Å².